The van der Waals surface area contributed by atoms with Gasteiger partial charge in [0.25, 0.3) is 0 Å². The number of aliphatic hydroxyl groups is 2. The van der Waals surface area contributed by atoms with Gasteiger partial charge >= 0.3 is 5.97 Å². The van der Waals surface area contributed by atoms with Crippen molar-refractivity contribution in [2.24, 2.45) is 0 Å². The molecule has 0 spiro atoms. The van der Waals surface area contributed by atoms with E-state index < -0.39 is 61.1 Å². The van der Waals surface area contributed by atoms with E-state index in [-0.39, 0.29) is 6.54 Å². The number of carbonyl (C=O) groups excluding carboxylic acids is 3. The molecular weight excluding hydrogens is 360 g/mol. The van der Waals surface area contributed by atoms with Gasteiger partial charge in [-0.15, -0.1) is 0 Å². The molecule has 11 heteroatoms. The maximum absolute atomic E-state index is 12.5. The van der Waals surface area contributed by atoms with Gasteiger partial charge in [0.15, 0.2) is 0 Å². The van der Waals surface area contributed by atoms with E-state index in [1.807, 2.05) is 0 Å². The van der Waals surface area contributed by atoms with Crippen LogP contribution in [0.3, 0.4) is 0 Å². The molecule has 4 atom stereocenters. The Hall–Kier alpha value is -2.24. The number of nitrogens with zero attached hydrogens (tertiary/aromatic N) is 1. The van der Waals surface area contributed by atoms with E-state index in [9.17, 15) is 29.4 Å². The topological polar surface area (TPSA) is 168 Å². The van der Waals surface area contributed by atoms with Crippen molar-refractivity contribution in [1.29, 1.82) is 0 Å². The van der Waals surface area contributed by atoms with E-state index in [1.54, 1.807) is 0 Å². The summed E-state index contributed by atoms with van der Waals surface area (Å²) in [5.74, 6) is -3.12. The Morgan fingerprint density at radius 3 is 2.30 bits per heavy atom. The van der Waals surface area contributed by atoms with Crippen molar-refractivity contribution in [3.05, 3.63) is 0 Å². The van der Waals surface area contributed by atoms with Gasteiger partial charge in [-0.25, -0.2) is 4.79 Å². The number of likely N-dealkylation sites (tertiary alicyclic amines) is 1. The molecule has 2 aliphatic heterocycles. The maximum atomic E-state index is 12.5. The molecule has 2 rings (SSSR count). The van der Waals surface area contributed by atoms with Crippen LogP contribution in [0.4, 0.5) is 0 Å². The van der Waals surface area contributed by atoms with Crippen LogP contribution >= 0.6 is 0 Å². The molecule has 2 saturated heterocycles. The van der Waals surface area contributed by atoms with Crippen LogP contribution in [-0.4, -0.2) is 94.4 Å². The second-order valence-electron chi connectivity index (χ2n) is 6.66. The summed E-state index contributed by atoms with van der Waals surface area (Å²) in [6.45, 7) is -0.507. The zero-order valence-corrected chi connectivity index (χ0v) is 14.9. The number of nitrogens with one attached hydrogen (secondary N) is 3. The van der Waals surface area contributed by atoms with Crippen molar-refractivity contribution in [3.63, 3.8) is 0 Å². The fraction of sp³-hybridized carbons (Fsp3) is 0.750. The molecule has 0 bridgehead atoms. The number of aliphatic hydroxyl groups excluding tert-OH is 2. The Kier molecular flexibility index (Phi) is 7.51. The lowest BCUT2D eigenvalue weighted by atomic mass is 10.1. The SMILES string of the molecule is O=C(N[C@@H](CO)C(=O)N[C@@H](CO)C(=O)N1CCC[C@H]1C(=O)O)[C@@H]1CCCN1. The first-order chi connectivity index (χ1) is 12.9. The highest BCUT2D eigenvalue weighted by molar-refractivity contribution is 5.94. The number of rotatable bonds is 8. The molecule has 0 unspecified atom stereocenters. The molecule has 27 heavy (non-hydrogen) atoms. The van der Waals surface area contributed by atoms with Gasteiger partial charge in [0.05, 0.1) is 19.3 Å². The van der Waals surface area contributed by atoms with Crippen LogP contribution in [0.15, 0.2) is 0 Å². The quantitative estimate of drug-likeness (QED) is 0.253. The Morgan fingerprint density at radius 1 is 1.04 bits per heavy atom. The largest absolute Gasteiger partial charge is 0.480 e. The van der Waals surface area contributed by atoms with Gasteiger partial charge in [-0.05, 0) is 32.2 Å². The first-order valence-electron chi connectivity index (χ1n) is 8.98. The van der Waals surface area contributed by atoms with Crippen LogP contribution in [-0.2, 0) is 19.2 Å². The molecule has 3 amide bonds. The second-order valence-corrected chi connectivity index (χ2v) is 6.66. The first kappa shape index (κ1) is 21.1. The summed E-state index contributed by atoms with van der Waals surface area (Å²) in [4.78, 5) is 49.2. The predicted molar refractivity (Wildman–Crippen MR) is 91.4 cm³/mol. The summed E-state index contributed by atoms with van der Waals surface area (Å²) in [5, 5.41) is 35.7. The molecule has 0 aromatic carbocycles. The smallest absolute Gasteiger partial charge is 0.326 e. The average molecular weight is 386 g/mol. The monoisotopic (exact) mass is 386 g/mol. The number of amides is 3. The van der Waals surface area contributed by atoms with Gasteiger partial charge in [-0.2, -0.15) is 0 Å². The van der Waals surface area contributed by atoms with Crippen LogP contribution in [0, 0.1) is 0 Å². The highest BCUT2D eigenvalue weighted by Gasteiger charge is 2.38. The molecule has 0 saturated carbocycles. The molecule has 0 radical (unpaired) electrons. The van der Waals surface area contributed by atoms with Crippen LogP contribution in [0.25, 0.3) is 0 Å². The molecule has 0 aromatic rings. The normalized spacial score (nSPS) is 24.3. The predicted octanol–water partition coefficient (Wildman–Crippen LogP) is -3.23. The van der Waals surface area contributed by atoms with Gasteiger partial charge in [0.2, 0.25) is 17.7 Å². The van der Waals surface area contributed by atoms with Gasteiger partial charge < -0.3 is 36.2 Å². The number of carbonyl (C=O) groups is 4. The Balaban J connectivity index is 1.96. The fourth-order valence-electron chi connectivity index (χ4n) is 3.32. The molecular formula is C16H26N4O7. The number of carboxylic acids is 1. The van der Waals surface area contributed by atoms with Crippen molar-refractivity contribution in [3.8, 4) is 0 Å². The fourth-order valence-corrected chi connectivity index (χ4v) is 3.32. The number of carboxylic acid groups (broad SMARTS) is 1. The molecule has 11 nitrogen and oxygen atoms in total. The standard InChI is InChI=1S/C16H26N4O7/c21-7-10(18-13(23)9-3-1-5-17-9)14(24)19-11(8-22)15(25)20-6-2-4-12(20)16(26)27/h9-12,17,21-22H,1-8H2,(H,18,23)(H,19,24)(H,26,27)/t9-,10-,11-,12-/m0/s1. The Morgan fingerprint density at radius 2 is 1.74 bits per heavy atom. The number of hydrogen-bond acceptors (Lipinski definition) is 7. The highest BCUT2D eigenvalue weighted by atomic mass is 16.4. The summed E-state index contributed by atoms with van der Waals surface area (Å²) in [6.07, 6.45) is 2.26. The second kappa shape index (κ2) is 9.62. The van der Waals surface area contributed by atoms with E-state index in [1.165, 1.54) is 0 Å². The first-order valence-corrected chi connectivity index (χ1v) is 8.98. The summed E-state index contributed by atoms with van der Waals surface area (Å²) >= 11 is 0. The van der Waals surface area contributed by atoms with E-state index in [0.717, 1.165) is 11.3 Å². The third-order valence-corrected chi connectivity index (χ3v) is 4.81. The average Bonchev–Trinajstić information content (AvgIpc) is 3.34. The number of hydrogen-bond donors (Lipinski definition) is 6. The zero-order valence-electron chi connectivity index (χ0n) is 14.9. The third kappa shape index (κ3) is 5.15. The molecule has 6 N–H and O–H groups in total. The van der Waals surface area contributed by atoms with Crippen LogP contribution in [0.5, 0.6) is 0 Å². The van der Waals surface area contributed by atoms with Gasteiger partial charge in [-0.1, -0.05) is 0 Å². The van der Waals surface area contributed by atoms with Gasteiger partial charge in [-0.3, -0.25) is 14.4 Å². The van der Waals surface area contributed by atoms with Crippen molar-refractivity contribution in [2.75, 3.05) is 26.3 Å². The van der Waals surface area contributed by atoms with E-state index >= 15 is 0 Å². The van der Waals surface area contributed by atoms with E-state index in [2.05, 4.69) is 16.0 Å². The minimum absolute atomic E-state index is 0.218. The Labute approximate surface area is 156 Å². The molecule has 2 aliphatic rings. The van der Waals surface area contributed by atoms with Crippen molar-refractivity contribution >= 4 is 23.7 Å². The molecule has 152 valence electrons. The lowest BCUT2D eigenvalue weighted by molar-refractivity contribution is -0.150. The van der Waals surface area contributed by atoms with E-state index in [0.29, 0.717) is 25.8 Å². The summed E-state index contributed by atoms with van der Waals surface area (Å²) < 4.78 is 0. The highest BCUT2D eigenvalue weighted by Crippen LogP contribution is 2.18. The summed E-state index contributed by atoms with van der Waals surface area (Å²) in [5.41, 5.74) is 0. The maximum Gasteiger partial charge on any atom is 0.326 e. The number of aliphatic carboxylic acids is 1. The summed E-state index contributed by atoms with van der Waals surface area (Å²) in [7, 11) is 0. The lowest BCUT2D eigenvalue weighted by Crippen LogP contribution is -2.58. The molecule has 0 aliphatic carbocycles. The Bertz CT molecular complexity index is 579. The van der Waals surface area contributed by atoms with Gasteiger partial charge in [0, 0.05) is 6.54 Å². The van der Waals surface area contributed by atoms with Crippen molar-refractivity contribution in [1.82, 2.24) is 20.9 Å². The third-order valence-electron chi connectivity index (χ3n) is 4.81. The minimum Gasteiger partial charge on any atom is -0.480 e. The zero-order chi connectivity index (χ0) is 20.0. The van der Waals surface area contributed by atoms with E-state index in [4.69, 9.17) is 5.11 Å². The lowest BCUT2D eigenvalue weighted by Gasteiger charge is -2.27. The van der Waals surface area contributed by atoms with Crippen LogP contribution in [0.2, 0.25) is 0 Å². The van der Waals surface area contributed by atoms with Crippen LogP contribution < -0.4 is 16.0 Å². The van der Waals surface area contributed by atoms with Crippen molar-refractivity contribution in [2.45, 2.75) is 49.9 Å². The van der Waals surface area contributed by atoms with Crippen molar-refractivity contribution < 1.29 is 34.5 Å². The molecule has 2 fully saturated rings. The summed E-state index contributed by atoms with van der Waals surface area (Å²) in [6, 6.07) is -4.07. The molecule has 0 aromatic heterocycles. The van der Waals surface area contributed by atoms with Gasteiger partial charge in [0.1, 0.15) is 18.1 Å². The van der Waals surface area contributed by atoms with Crippen LogP contribution in [0.1, 0.15) is 25.7 Å². The molecule has 2 heterocycles. The minimum atomic E-state index is -1.35.